The molecule has 2 amide bonds. The number of amides is 2. The number of carbonyl (C=O) groups excluding carboxylic acids is 2. The number of nitrogens with zero attached hydrogens (tertiary/aromatic N) is 3. The maximum Gasteiger partial charge on any atom is 0.254 e. The molecule has 9 heteroatoms. The Balaban J connectivity index is 1.49. The van der Waals surface area contributed by atoms with Crippen LogP contribution in [0.3, 0.4) is 0 Å². The lowest BCUT2D eigenvalue weighted by molar-refractivity contribution is -0.119. The fraction of sp³-hybridized carbons (Fsp3) is 0.500. The van der Waals surface area contributed by atoms with Crippen LogP contribution >= 0.6 is 11.8 Å². The molecule has 1 heterocycles. The Bertz CT molecular complexity index is 872. The number of benzene rings is 1. The van der Waals surface area contributed by atoms with Crippen molar-refractivity contribution in [3.8, 4) is 0 Å². The summed E-state index contributed by atoms with van der Waals surface area (Å²) in [5.41, 5.74) is -0.0159. The monoisotopic (exact) mass is 419 g/mol. The van der Waals surface area contributed by atoms with Gasteiger partial charge in [-0.1, -0.05) is 43.7 Å². The minimum absolute atomic E-state index is 0.00819. The molecule has 0 saturated heterocycles. The van der Waals surface area contributed by atoms with Gasteiger partial charge in [0.05, 0.1) is 17.9 Å². The van der Waals surface area contributed by atoms with Gasteiger partial charge in [0.1, 0.15) is 5.82 Å². The van der Waals surface area contributed by atoms with Crippen molar-refractivity contribution in [3.63, 3.8) is 0 Å². The Hall–Kier alpha value is -2.42. The summed E-state index contributed by atoms with van der Waals surface area (Å²) in [6.45, 7) is 2.30. The van der Waals surface area contributed by atoms with Crippen LogP contribution in [0.1, 0.15) is 48.8 Å². The second-order valence-corrected chi connectivity index (χ2v) is 8.29. The Morgan fingerprint density at radius 1 is 1.24 bits per heavy atom. The molecule has 1 aromatic heterocycles. The minimum Gasteiger partial charge on any atom is -0.352 e. The molecule has 0 aliphatic heterocycles. The molecule has 0 radical (unpaired) electrons. The van der Waals surface area contributed by atoms with Gasteiger partial charge in [0.15, 0.2) is 11.0 Å². The van der Waals surface area contributed by atoms with E-state index < -0.39 is 11.7 Å². The molecule has 1 aromatic carbocycles. The van der Waals surface area contributed by atoms with Crippen LogP contribution in [0.2, 0.25) is 0 Å². The summed E-state index contributed by atoms with van der Waals surface area (Å²) < 4.78 is 15.4. The van der Waals surface area contributed by atoms with Gasteiger partial charge in [-0.3, -0.25) is 9.59 Å². The van der Waals surface area contributed by atoms with Crippen LogP contribution in [0.25, 0.3) is 0 Å². The molecule has 156 valence electrons. The Morgan fingerprint density at radius 3 is 2.76 bits per heavy atom. The van der Waals surface area contributed by atoms with E-state index >= 15 is 0 Å². The van der Waals surface area contributed by atoms with Crippen molar-refractivity contribution in [1.29, 1.82) is 0 Å². The zero-order valence-electron chi connectivity index (χ0n) is 16.7. The number of hydrogen-bond donors (Lipinski definition) is 2. The molecule has 7 nitrogen and oxygen atoms in total. The number of carbonyl (C=O) groups is 2. The van der Waals surface area contributed by atoms with Crippen molar-refractivity contribution in [3.05, 3.63) is 41.5 Å². The molecule has 0 unspecified atom stereocenters. The van der Waals surface area contributed by atoms with E-state index in [1.54, 1.807) is 17.7 Å². The number of thioether (sulfide) groups is 1. The first-order chi connectivity index (χ1) is 14.0. The normalized spacial score (nSPS) is 19.0. The first-order valence-electron chi connectivity index (χ1n) is 9.79. The highest BCUT2D eigenvalue weighted by molar-refractivity contribution is 7.99. The summed E-state index contributed by atoms with van der Waals surface area (Å²) in [4.78, 5) is 24.4. The molecule has 1 fully saturated rings. The Labute approximate surface area is 173 Å². The average Bonchev–Trinajstić information content (AvgIpc) is 3.06. The fourth-order valence-electron chi connectivity index (χ4n) is 3.43. The fourth-order valence-corrected chi connectivity index (χ4v) is 4.17. The highest BCUT2D eigenvalue weighted by atomic mass is 32.2. The summed E-state index contributed by atoms with van der Waals surface area (Å²) in [7, 11) is 1.77. The average molecular weight is 420 g/mol. The van der Waals surface area contributed by atoms with Crippen LogP contribution in [0.5, 0.6) is 0 Å². The van der Waals surface area contributed by atoms with Gasteiger partial charge in [0.25, 0.3) is 5.91 Å². The van der Waals surface area contributed by atoms with Gasteiger partial charge in [0.2, 0.25) is 5.91 Å². The van der Waals surface area contributed by atoms with Crippen LogP contribution in [0, 0.1) is 11.7 Å². The van der Waals surface area contributed by atoms with E-state index in [1.807, 2.05) is 0 Å². The topological polar surface area (TPSA) is 88.9 Å². The number of halogens is 1. The van der Waals surface area contributed by atoms with Gasteiger partial charge in [-0.25, -0.2) is 4.39 Å². The summed E-state index contributed by atoms with van der Waals surface area (Å²) in [5.74, 6) is 0.206. The predicted molar refractivity (Wildman–Crippen MR) is 109 cm³/mol. The summed E-state index contributed by atoms with van der Waals surface area (Å²) in [5, 5.41) is 14.5. The van der Waals surface area contributed by atoms with Gasteiger partial charge in [-0.05, 0) is 30.9 Å². The third kappa shape index (κ3) is 5.56. The molecule has 1 saturated carbocycles. The molecule has 1 aliphatic rings. The number of hydrogen-bond acceptors (Lipinski definition) is 5. The molecule has 0 bridgehead atoms. The van der Waals surface area contributed by atoms with Crippen molar-refractivity contribution < 1.29 is 14.0 Å². The molecule has 29 heavy (non-hydrogen) atoms. The second kappa shape index (κ2) is 9.87. The first-order valence-corrected chi connectivity index (χ1v) is 10.8. The molecular formula is C20H26FN5O2S. The number of aromatic nitrogens is 3. The predicted octanol–water partition coefficient (Wildman–Crippen LogP) is 2.67. The lowest BCUT2D eigenvalue weighted by Gasteiger charge is -2.29. The van der Waals surface area contributed by atoms with Crippen molar-refractivity contribution in [2.24, 2.45) is 13.0 Å². The minimum atomic E-state index is -0.572. The number of nitrogens with one attached hydrogen (secondary N) is 2. The highest BCUT2D eigenvalue weighted by Crippen LogP contribution is 2.24. The second-order valence-electron chi connectivity index (χ2n) is 7.34. The van der Waals surface area contributed by atoms with E-state index in [0.717, 1.165) is 19.3 Å². The smallest absolute Gasteiger partial charge is 0.254 e. The van der Waals surface area contributed by atoms with E-state index in [1.165, 1.54) is 36.4 Å². The summed E-state index contributed by atoms with van der Waals surface area (Å²) in [6, 6.07) is 6.05. The Morgan fingerprint density at radius 2 is 2.00 bits per heavy atom. The van der Waals surface area contributed by atoms with Gasteiger partial charge in [0, 0.05) is 13.1 Å². The first kappa shape index (κ1) is 21.3. The van der Waals surface area contributed by atoms with E-state index in [-0.39, 0.29) is 29.8 Å². The van der Waals surface area contributed by atoms with Crippen LogP contribution < -0.4 is 10.6 Å². The molecule has 2 atom stereocenters. The molecule has 0 spiro atoms. The molecule has 3 rings (SSSR count). The summed E-state index contributed by atoms with van der Waals surface area (Å²) >= 11 is 1.30. The van der Waals surface area contributed by atoms with Crippen LogP contribution in [0.4, 0.5) is 4.39 Å². The third-order valence-electron chi connectivity index (χ3n) is 5.24. The van der Waals surface area contributed by atoms with Gasteiger partial charge in [-0.15, -0.1) is 10.2 Å². The molecular weight excluding hydrogens is 393 g/mol. The van der Waals surface area contributed by atoms with E-state index in [2.05, 4.69) is 27.8 Å². The highest BCUT2D eigenvalue weighted by Gasteiger charge is 2.23. The lowest BCUT2D eigenvalue weighted by atomic mass is 9.86. The molecule has 2 N–H and O–H groups in total. The zero-order chi connectivity index (χ0) is 20.8. The van der Waals surface area contributed by atoms with Crippen molar-refractivity contribution >= 4 is 23.6 Å². The van der Waals surface area contributed by atoms with E-state index in [9.17, 15) is 14.0 Å². The van der Waals surface area contributed by atoms with Crippen LogP contribution in [-0.2, 0) is 18.4 Å². The summed E-state index contributed by atoms with van der Waals surface area (Å²) in [6.07, 6.45) is 4.59. The van der Waals surface area contributed by atoms with Crippen LogP contribution in [-0.4, -0.2) is 38.4 Å². The standard InChI is InChI=1S/C20H26FN5O2S/c1-13-7-3-6-10-16(13)23-18(27)12-29-20-25-24-17(26(20)2)11-22-19(28)14-8-4-5-9-15(14)21/h4-5,8-9,13,16H,3,6-7,10-12H2,1-2H3,(H,22,28)(H,23,27)/t13-,16+/m0/s1. The Kier molecular flexibility index (Phi) is 7.24. The number of rotatable bonds is 7. The van der Waals surface area contributed by atoms with Crippen molar-refractivity contribution in [1.82, 2.24) is 25.4 Å². The van der Waals surface area contributed by atoms with Gasteiger partial charge < -0.3 is 15.2 Å². The van der Waals surface area contributed by atoms with Gasteiger partial charge >= 0.3 is 0 Å². The van der Waals surface area contributed by atoms with E-state index in [4.69, 9.17) is 0 Å². The SMILES string of the molecule is C[C@H]1CCCC[C@H]1NC(=O)CSc1nnc(CNC(=O)c2ccccc2F)n1C. The quantitative estimate of drug-likeness (QED) is 0.674. The maximum atomic E-state index is 13.7. The van der Waals surface area contributed by atoms with Crippen molar-refractivity contribution in [2.45, 2.75) is 50.4 Å². The lowest BCUT2D eigenvalue weighted by Crippen LogP contribution is -2.41. The molecule has 2 aromatic rings. The van der Waals surface area contributed by atoms with Gasteiger partial charge in [-0.2, -0.15) is 0 Å². The van der Waals surface area contributed by atoms with E-state index in [0.29, 0.717) is 16.9 Å². The van der Waals surface area contributed by atoms with Crippen molar-refractivity contribution in [2.75, 3.05) is 5.75 Å². The zero-order valence-corrected chi connectivity index (χ0v) is 17.5. The largest absolute Gasteiger partial charge is 0.352 e. The maximum absolute atomic E-state index is 13.7. The van der Waals surface area contributed by atoms with Crippen LogP contribution in [0.15, 0.2) is 29.4 Å². The molecule has 1 aliphatic carbocycles. The third-order valence-corrected chi connectivity index (χ3v) is 6.26.